The summed E-state index contributed by atoms with van der Waals surface area (Å²) in [7, 11) is 0. The highest BCUT2D eigenvalue weighted by Crippen LogP contribution is 2.22. The van der Waals surface area contributed by atoms with E-state index in [-0.39, 0.29) is 18.2 Å². The van der Waals surface area contributed by atoms with Crippen molar-refractivity contribution in [3.63, 3.8) is 0 Å². The molecule has 0 atom stereocenters. The van der Waals surface area contributed by atoms with Crippen LogP contribution in [-0.4, -0.2) is 15.7 Å². The van der Waals surface area contributed by atoms with Crippen molar-refractivity contribution in [2.24, 2.45) is 0 Å². The molecule has 2 heterocycles. The second-order valence-electron chi connectivity index (χ2n) is 6.61. The molecule has 0 spiro atoms. The molecule has 0 saturated carbocycles. The van der Waals surface area contributed by atoms with Crippen LogP contribution < -0.4 is 10.1 Å². The highest BCUT2D eigenvalue weighted by atomic mass is 127. The average Bonchev–Trinajstić information content (AvgIpc) is 3.36. The molecule has 2 aromatic carbocycles. The SMILES string of the molecule is O=C(Nc1nn(Cc2ccc(Cl)cc2)cc1Cl)c1ccc(COc2ccc(I)cc2)o1. The van der Waals surface area contributed by atoms with Gasteiger partial charge in [-0.3, -0.25) is 9.48 Å². The number of carbonyl (C=O) groups is 1. The predicted molar refractivity (Wildman–Crippen MR) is 128 cm³/mol. The van der Waals surface area contributed by atoms with E-state index in [1.807, 2.05) is 36.4 Å². The maximum Gasteiger partial charge on any atom is 0.292 e. The van der Waals surface area contributed by atoms with Gasteiger partial charge < -0.3 is 14.5 Å². The van der Waals surface area contributed by atoms with Gasteiger partial charge in [-0.15, -0.1) is 0 Å². The zero-order valence-corrected chi connectivity index (χ0v) is 19.7. The Morgan fingerprint density at radius 2 is 1.81 bits per heavy atom. The van der Waals surface area contributed by atoms with E-state index in [0.29, 0.717) is 22.4 Å². The first-order valence-corrected chi connectivity index (χ1v) is 11.1. The minimum absolute atomic E-state index is 0.143. The third-order valence-electron chi connectivity index (χ3n) is 4.29. The molecular formula is C22H16Cl2IN3O3. The topological polar surface area (TPSA) is 69.3 Å². The fraction of sp³-hybridized carbons (Fsp3) is 0.0909. The van der Waals surface area contributed by atoms with Gasteiger partial charge in [0.1, 0.15) is 23.1 Å². The van der Waals surface area contributed by atoms with Gasteiger partial charge in [-0.2, -0.15) is 5.10 Å². The summed E-state index contributed by atoms with van der Waals surface area (Å²) in [6.45, 7) is 0.706. The monoisotopic (exact) mass is 567 g/mol. The summed E-state index contributed by atoms with van der Waals surface area (Å²) in [6, 6.07) is 18.4. The van der Waals surface area contributed by atoms with E-state index >= 15 is 0 Å². The molecular weight excluding hydrogens is 552 g/mol. The highest BCUT2D eigenvalue weighted by molar-refractivity contribution is 14.1. The lowest BCUT2D eigenvalue weighted by molar-refractivity contribution is 0.0992. The number of furan rings is 1. The number of amides is 1. The van der Waals surface area contributed by atoms with Crippen LogP contribution in [0.2, 0.25) is 10.0 Å². The van der Waals surface area contributed by atoms with Crippen molar-refractivity contribution in [2.45, 2.75) is 13.2 Å². The zero-order chi connectivity index (χ0) is 21.8. The van der Waals surface area contributed by atoms with Crippen LogP contribution in [-0.2, 0) is 13.2 Å². The van der Waals surface area contributed by atoms with E-state index in [1.165, 1.54) is 0 Å². The van der Waals surface area contributed by atoms with Crippen LogP contribution in [0.4, 0.5) is 5.82 Å². The normalized spacial score (nSPS) is 10.8. The van der Waals surface area contributed by atoms with Crippen molar-refractivity contribution in [3.8, 4) is 5.75 Å². The van der Waals surface area contributed by atoms with Gasteiger partial charge in [-0.05, 0) is 76.7 Å². The fourth-order valence-electron chi connectivity index (χ4n) is 2.77. The average molecular weight is 568 g/mol. The van der Waals surface area contributed by atoms with Crippen molar-refractivity contribution in [3.05, 3.63) is 97.6 Å². The van der Waals surface area contributed by atoms with Crippen LogP contribution >= 0.6 is 45.8 Å². The smallest absolute Gasteiger partial charge is 0.292 e. The number of hydrogen-bond donors (Lipinski definition) is 1. The first-order chi connectivity index (χ1) is 15.0. The zero-order valence-electron chi connectivity index (χ0n) is 16.0. The molecule has 0 unspecified atom stereocenters. The molecule has 0 radical (unpaired) electrons. The Hall–Kier alpha value is -2.49. The summed E-state index contributed by atoms with van der Waals surface area (Å²) in [6.07, 6.45) is 1.65. The van der Waals surface area contributed by atoms with E-state index in [9.17, 15) is 4.79 Å². The Morgan fingerprint density at radius 3 is 2.55 bits per heavy atom. The van der Waals surface area contributed by atoms with Gasteiger partial charge in [-0.25, -0.2) is 0 Å². The van der Waals surface area contributed by atoms with Crippen molar-refractivity contribution < 1.29 is 13.9 Å². The van der Waals surface area contributed by atoms with Gasteiger partial charge >= 0.3 is 0 Å². The first-order valence-electron chi connectivity index (χ1n) is 9.22. The third kappa shape index (κ3) is 5.81. The van der Waals surface area contributed by atoms with Crippen LogP contribution in [0.25, 0.3) is 0 Å². The van der Waals surface area contributed by atoms with Gasteiger partial charge in [0.2, 0.25) is 0 Å². The number of benzene rings is 2. The molecule has 0 fully saturated rings. The maximum atomic E-state index is 12.5. The van der Waals surface area contributed by atoms with Gasteiger partial charge in [0.05, 0.1) is 6.54 Å². The van der Waals surface area contributed by atoms with Gasteiger partial charge in [0.25, 0.3) is 5.91 Å². The summed E-state index contributed by atoms with van der Waals surface area (Å²) >= 11 is 14.4. The maximum absolute atomic E-state index is 12.5. The number of carbonyl (C=O) groups excluding carboxylic acids is 1. The second-order valence-corrected chi connectivity index (χ2v) is 8.70. The van der Waals surface area contributed by atoms with Crippen LogP contribution in [0.3, 0.4) is 0 Å². The van der Waals surface area contributed by atoms with E-state index < -0.39 is 5.91 Å². The molecule has 1 N–H and O–H groups in total. The Kier molecular flexibility index (Phi) is 6.84. The number of aromatic nitrogens is 2. The van der Waals surface area contributed by atoms with Crippen LogP contribution in [0.1, 0.15) is 21.9 Å². The number of hydrogen-bond acceptors (Lipinski definition) is 4. The van der Waals surface area contributed by atoms with Gasteiger partial charge in [0.15, 0.2) is 11.6 Å². The van der Waals surface area contributed by atoms with Crippen LogP contribution in [0.15, 0.2) is 71.3 Å². The van der Waals surface area contributed by atoms with Crippen molar-refractivity contribution >= 4 is 57.5 Å². The van der Waals surface area contributed by atoms with Gasteiger partial charge in [0, 0.05) is 14.8 Å². The predicted octanol–water partition coefficient (Wildman–Crippen LogP) is 6.27. The summed E-state index contributed by atoms with van der Waals surface area (Å²) in [5, 5.41) is 8.01. The third-order valence-corrected chi connectivity index (χ3v) is 5.53. The Bertz CT molecular complexity index is 1190. The van der Waals surface area contributed by atoms with Crippen molar-refractivity contribution in [1.29, 1.82) is 0 Å². The number of nitrogens with one attached hydrogen (secondary N) is 1. The lowest BCUT2D eigenvalue weighted by Gasteiger charge is -2.04. The summed E-state index contributed by atoms with van der Waals surface area (Å²) in [4.78, 5) is 12.5. The Balaban J connectivity index is 1.36. The summed E-state index contributed by atoms with van der Waals surface area (Å²) in [5.74, 6) is 1.21. The molecule has 0 aliphatic heterocycles. The molecule has 4 rings (SSSR count). The number of nitrogens with zero attached hydrogens (tertiary/aromatic N) is 2. The second kappa shape index (κ2) is 9.76. The van der Waals surface area contributed by atoms with Crippen LogP contribution in [0, 0.1) is 3.57 Å². The molecule has 158 valence electrons. The van der Waals surface area contributed by atoms with E-state index in [4.69, 9.17) is 32.4 Å². The minimum Gasteiger partial charge on any atom is -0.486 e. The molecule has 31 heavy (non-hydrogen) atoms. The number of anilines is 1. The largest absolute Gasteiger partial charge is 0.486 e. The molecule has 9 heteroatoms. The molecule has 4 aromatic rings. The molecule has 0 aliphatic carbocycles. The summed E-state index contributed by atoms with van der Waals surface area (Å²) < 4.78 is 14.0. The fourth-order valence-corrected chi connectivity index (χ4v) is 3.45. The number of ether oxygens (including phenoxy) is 1. The van der Waals surface area contributed by atoms with Crippen LogP contribution in [0.5, 0.6) is 5.75 Å². The molecule has 0 bridgehead atoms. The molecule has 0 aliphatic rings. The quantitative estimate of drug-likeness (QED) is 0.267. The Morgan fingerprint density at radius 1 is 1.06 bits per heavy atom. The van der Waals surface area contributed by atoms with Crippen molar-refractivity contribution in [2.75, 3.05) is 5.32 Å². The minimum atomic E-state index is -0.445. The highest BCUT2D eigenvalue weighted by Gasteiger charge is 2.16. The van der Waals surface area contributed by atoms with E-state index in [0.717, 1.165) is 14.9 Å². The summed E-state index contributed by atoms with van der Waals surface area (Å²) in [5.41, 5.74) is 1.00. The van der Waals surface area contributed by atoms with Crippen molar-refractivity contribution in [1.82, 2.24) is 9.78 Å². The molecule has 1 amide bonds. The first kappa shape index (κ1) is 21.7. The lowest BCUT2D eigenvalue weighted by atomic mass is 10.2. The van der Waals surface area contributed by atoms with E-state index in [2.05, 4.69) is 33.0 Å². The molecule has 0 saturated heterocycles. The Labute approximate surface area is 202 Å². The molecule has 2 aromatic heterocycles. The lowest BCUT2D eigenvalue weighted by Crippen LogP contribution is -2.12. The number of halogens is 3. The standard InChI is InChI=1S/C22H16Cl2IN3O3/c23-15-3-1-14(2-4-15)11-28-12-19(24)21(27-28)26-22(29)20-10-9-18(31-20)13-30-17-7-5-16(25)6-8-17/h1-10,12H,11,13H2,(H,26,27,29). The van der Waals surface area contributed by atoms with E-state index in [1.54, 1.807) is 35.1 Å². The molecule has 6 nitrogen and oxygen atoms in total. The number of rotatable bonds is 7. The van der Waals surface area contributed by atoms with Gasteiger partial charge in [-0.1, -0.05) is 35.3 Å².